The summed E-state index contributed by atoms with van der Waals surface area (Å²) in [5.74, 6) is 0. The molecule has 0 atom stereocenters. The van der Waals surface area contributed by atoms with Gasteiger partial charge in [0.25, 0.3) is 0 Å². The third kappa shape index (κ3) is 180. The molecular weight excluding hydrogens is 168 g/mol. The largest absolute Gasteiger partial charge is 0.106 e. The van der Waals surface area contributed by atoms with Crippen LogP contribution in [0, 0.1) is 0 Å². The first-order valence-corrected chi connectivity index (χ1v) is 6.24. The normalized spacial score (nSPS) is 6.71. The molecule has 0 rings (SSSR count). The highest BCUT2D eigenvalue weighted by Crippen LogP contribution is 1.77. The topological polar surface area (TPSA) is 0 Å². The Bertz CT molecular complexity index is 23.8. The lowest BCUT2D eigenvalue weighted by atomic mass is 10.4. The molecule has 0 heterocycles. The van der Waals surface area contributed by atoms with Gasteiger partial charge in [0.05, 0.1) is 0 Å². The van der Waals surface area contributed by atoms with E-state index in [-0.39, 0.29) is 0 Å². The van der Waals surface area contributed by atoms with Crippen LogP contribution in [0.2, 0.25) is 0 Å². The molecule has 0 aromatic heterocycles. The molecule has 0 aromatic carbocycles. The molecule has 0 aliphatic heterocycles. The van der Waals surface area contributed by atoms with Gasteiger partial charge in [-0.25, -0.2) is 0 Å². The molecule has 0 bridgehead atoms. The Morgan fingerprint density at radius 1 is 0.429 bits per heavy atom. The summed E-state index contributed by atoms with van der Waals surface area (Å²) < 4.78 is 0. The van der Waals surface area contributed by atoms with Crippen molar-refractivity contribution in [1.29, 1.82) is 0 Å². The molecule has 0 nitrogen and oxygen atoms in total. The van der Waals surface area contributed by atoms with Crippen LogP contribution in [0.5, 0.6) is 0 Å². The van der Waals surface area contributed by atoms with Crippen molar-refractivity contribution in [3.8, 4) is 0 Å². The zero-order valence-corrected chi connectivity index (χ0v) is 11.7. The van der Waals surface area contributed by atoms with Gasteiger partial charge in [-0.1, -0.05) is 80.1 Å². The van der Waals surface area contributed by atoms with E-state index in [1.807, 2.05) is 0 Å². The maximum atomic E-state index is 3.00. The summed E-state index contributed by atoms with van der Waals surface area (Å²) in [4.78, 5) is 0. The number of hydrogen-bond acceptors (Lipinski definition) is 0. The van der Waals surface area contributed by atoms with Gasteiger partial charge < -0.3 is 0 Å². The van der Waals surface area contributed by atoms with Crippen LogP contribution >= 0.6 is 0 Å². The van der Waals surface area contributed by atoms with E-state index in [0.29, 0.717) is 0 Å². The van der Waals surface area contributed by atoms with Gasteiger partial charge in [-0.3, -0.25) is 0 Å². The second kappa shape index (κ2) is 53.3. The summed E-state index contributed by atoms with van der Waals surface area (Å²) in [6, 6.07) is 0. The lowest BCUT2D eigenvalue weighted by Crippen LogP contribution is -1.47. The maximum absolute atomic E-state index is 3.00. The third-order valence-electron chi connectivity index (χ3n) is 1.50. The van der Waals surface area contributed by atoms with Crippen LogP contribution in [-0.4, -0.2) is 0 Å². The molecule has 0 saturated heterocycles. The fourth-order valence-corrected chi connectivity index (χ4v) is 0. The highest BCUT2D eigenvalue weighted by molar-refractivity contribution is 4.22. The predicted octanol–water partition coefficient (Wildman–Crippen LogP) is 6.22. The highest BCUT2D eigenvalue weighted by Gasteiger charge is 1.57. The molecule has 0 N–H and O–H groups in total. The molecule has 0 aromatic rings. The first-order chi connectivity index (χ1) is 6.74. The van der Waals surface area contributed by atoms with Crippen LogP contribution in [0.3, 0.4) is 0 Å². The van der Waals surface area contributed by atoms with Crippen LogP contribution in [0.1, 0.15) is 80.1 Å². The number of hydrogen-bond donors (Lipinski definition) is 0. The zero-order valence-electron chi connectivity index (χ0n) is 11.7. The van der Waals surface area contributed by atoms with Gasteiger partial charge in [0, 0.05) is 0 Å². The molecule has 90 valence electrons. The van der Waals surface area contributed by atoms with Crippen molar-refractivity contribution in [2.45, 2.75) is 80.1 Å². The van der Waals surface area contributed by atoms with Crippen LogP contribution < -0.4 is 0 Å². The molecule has 14 heavy (non-hydrogen) atoms. The molecule has 0 amide bonds. The lowest BCUT2D eigenvalue weighted by molar-refractivity contribution is 0.886. The maximum Gasteiger partial charge on any atom is -0.0564 e. The average Bonchev–Trinajstić information content (AvgIpc) is 2.31. The van der Waals surface area contributed by atoms with Crippen molar-refractivity contribution in [1.82, 2.24) is 0 Å². The molecular formula is C14H34. The SMILES string of the molecule is C=C.CCCC.CCCC.CCCC. The minimum Gasteiger partial charge on any atom is -0.106 e. The molecule has 0 aliphatic rings. The van der Waals surface area contributed by atoms with Crippen LogP contribution in [0.25, 0.3) is 0 Å². The van der Waals surface area contributed by atoms with Gasteiger partial charge >= 0.3 is 0 Å². The van der Waals surface area contributed by atoms with E-state index in [4.69, 9.17) is 0 Å². The van der Waals surface area contributed by atoms with Crippen molar-refractivity contribution >= 4 is 0 Å². The van der Waals surface area contributed by atoms with Crippen molar-refractivity contribution in [3.63, 3.8) is 0 Å². The monoisotopic (exact) mass is 202 g/mol. The molecule has 0 aliphatic carbocycles. The Hall–Kier alpha value is -0.260. The summed E-state index contributed by atoms with van der Waals surface area (Å²) in [7, 11) is 0. The second-order valence-electron chi connectivity index (χ2n) is 3.00. The van der Waals surface area contributed by atoms with Crippen molar-refractivity contribution in [3.05, 3.63) is 13.2 Å². The van der Waals surface area contributed by atoms with E-state index in [1.54, 1.807) is 0 Å². The van der Waals surface area contributed by atoms with Crippen molar-refractivity contribution in [2.75, 3.05) is 0 Å². The van der Waals surface area contributed by atoms with E-state index in [2.05, 4.69) is 54.7 Å². The summed E-state index contributed by atoms with van der Waals surface area (Å²) in [5, 5.41) is 0. The van der Waals surface area contributed by atoms with Gasteiger partial charge in [-0.15, -0.1) is 13.2 Å². The fourth-order valence-electron chi connectivity index (χ4n) is 0. The van der Waals surface area contributed by atoms with Crippen molar-refractivity contribution < 1.29 is 0 Å². The smallest absolute Gasteiger partial charge is 0.0564 e. The molecule has 0 spiro atoms. The fraction of sp³-hybridized carbons (Fsp3) is 0.857. The Labute approximate surface area is 93.8 Å². The zero-order chi connectivity index (χ0) is 12.2. The predicted molar refractivity (Wildman–Crippen MR) is 73.0 cm³/mol. The lowest BCUT2D eigenvalue weighted by Gasteiger charge is -1.68. The highest BCUT2D eigenvalue weighted by atomic mass is 13.6. The van der Waals surface area contributed by atoms with Crippen molar-refractivity contribution in [2.24, 2.45) is 0 Å². The minimum absolute atomic E-state index is 1.32. The molecule has 0 saturated carbocycles. The van der Waals surface area contributed by atoms with E-state index < -0.39 is 0 Å². The molecule has 0 unspecified atom stereocenters. The van der Waals surface area contributed by atoms with Gasteiger partial charge in [0.1, 0.15) is 0 Å². The summed E-state index contributed by atoms with van der Waals surface area (Å²) in [6.45, 7) is 19.1. The van der Waals surface area contributed by atoms with Gasteiger partial charge in [0.2, 0.25) is 0 Å². The van der Waals surface area contributed by atoms with E-state index >= 15 is 0 Å². The van der Waals surface area contributed by atoms with Gasteiger partial charge in [-0.2, -0.15) is 0 Å². The summed E-state index contributed by atoms with van der Waals surface area (Å²) >= 11 is 0. The van der Waals surface area contributed by atoms with E-state index in [0.717, 1.165) is 0 Å². The van der Waals surface area contributed by atoms with Gasteiger partial charge in [0.15, 0.2) is 0 Å². The quantitative estimate of drug-likeness (QED) is 0.476. The second-order valence-corrected chi connectivity index (χ2v) is 3.00. The summed E-state index contributed by atoms with van der Waals surface area (Å²) in [6.07, 6.45) is 7.92. The first kappa shape index (κ1) is 23.5. The van der Waals surface area contributed by atoms with Crippen LogP contribution in [-0.2, 0) is 0 Å². The van der Waals surface area contributed by atoms with E-state index in [1.165, 1.54) is 38.5 Å². The van der Waals surface area contributed by atoms with Gasteiger partial charge in [-0.05, 0) is 0 Å². The van der Waals surface area contributed by atoms with Crippen LogP contribution in [0.4, 0.5) is 0 Å². The Kier molecular flexibility index (Phi) is 89.5. The standard InChI is InChI=1S/3C4H10.C2H4/c3*1-3-4-2;1-2/h3*3-4H2,1-2H3;1-2H2. The minimum atomic E-state index is 1.32. The molecule has 0 heteroatoms. The van der Waals surface area contributed by atoms with E-state index in [9.17, 15) is 0 Å². The Balaban J connectivity index is -0.0000000492. The third-order valence-corrected chi connectivity index (χ3v) is 1.50. The number of unbranched alkanes of at least 4 members (excludes halogenated alkanes) is 3. The first-order valence-electron chi connectivity index (χ1n) is 6.24. The molecule has 0 fully saturated rings. The van der Waals surface area contributed by atoms with Crippen LogP contribution in [0.15, 0.2) is 13.2 Å². The average molecular weight is 202 g/mol. The molecule has 0 radical (unpaired) electrons. The Morgan fingerprint density at radius 2 is 0.500 bits per heavy atom. The summed E-state index contributed by atoms with van der Waals surface area (Å²) in [5.41, 5.74) is 0. The number of rotatable bonds is 3. The Morgan fingerprint density at radius 3 is 0.500 bits per heavy atom.